The van der Waals surface area contributed by atoms with Crippen molar-refractivity contribution in [1.29, 1.82) is 0 Å². The highest BCUT2D eigenvalue weighted by atomic mass is 16.3. The lowest BCUT2D eigenvalue weighted by Gasteiger charge is -2.12. The predicted molar refractivity (Wildman–Crippen MR) is 73.5 cm³/mol. The van der Waals surface area contributed by atoms with E-state index in [4.69, 9.17) is 5.11 Å². The van der Waals surface area contributed by atoms with Crippen LogP contribution in [0.25, 0.3) is 0 Å². The van der Waals surface area contributed by atoms with Crippen LogP contribution < -0.4 is 5.32 Å². The van der Waals surface area contributed by atoms with Crippen LogP contribution >= 0.6 is 0 Å². The van der Waals surface area contributed by atoms with Crippen molar-refractivity contribution in [2.75, 3.05) is 6.61 Å². The Labute approximate surface area is 113 Å². The Morgan fingerprint density at radius 3 is 2.47 bits per heavy atom. The molecule has 1 unspecified atom stereocenters. The summed E-state index contributed by atoms with van der Waals surface area (Å²) in [7, 11) is 0. The first-order valence-corrected chi connectivity index (χ1v) is 6.50. The van der Waals surface area contributed by atoms with E-state index in [9.17, 15) is 9.59 Å². The summed E-state index contributed by atoms with van der Waals surface area (Å²) in [5, 5.41) is 11.6. The van der Waals surface area contributed by atoms with Crippen LogP contribution in [0.4, 0.5) is 0 Å². The smallest absolute Gasteiger partial charge is 0.268 e. The number of hydrogen-bond acceptors (Lipinski definition) is 3. The van der Waals surface area contributed by atoms with E-state index < -0.39 is 0 Å². The normalized spacial score (nSPS) is 12.3. The lowest BCUT2D eigenvalue weighted by Crippen LogP contribution is -2.33. The number of carbonyl (C=O) groups excluding carboxylic acids is 2. The Hall–Kier alpha value is -1.62. The molecule has 3 N–H and O–H groups in total. The van der Waals surface area contributed by atoms with Gasteiger partial charge >= 0.3 is 0 Å². The number of amides is 1. The zero-order chi connectivity index (χ0) is 14.6. The van der Waals surface area contributed by atoms with E-state index in [1.165, 1.54) is 6.92 Å². The van der Waals surface area contributed by atoms with Crippen molar-refractivity contribution in [3.05, 3.63) is 22.5 Å². The first-order valence-electron chi connectivity index (χ1n) is 6.50. The zero-order valence-electron chi connectivity index (χ0n) is 12.0. The second kappa shape index (κ2) is 6.52. The highest BCUT2D eigenvalue weighted by Crippen LogP contribution is 2.18. The summed E-state index contributed by atoms with van der Waals surface area (Å²) in [6.45, 7) is 7.07. The SMILES string of the molecule is CC(=O)c1c(C)[nH]c(C(=O)NC(C)CCCO)c1C. The molecule has 19 heavy (non-hydrogen) atoms. The number of nitrogens with one attached hydrogen (secondary N) is 2. The highest BCUT2D eigenvalue weighted by Gasteiger charge is 2.20. The third-order valence-corrected chi connectivity index (χ3v) is 3.19. The molecule has 1 rings (SSSR count). The number of aliphatic hydroxyl groups is 1. The summed E-state index contributed by atoms with van der Waals surface area (Å²) in [4.78, 5) is 26.6. The molecule has 0 fully saturated rings. The van der Waals surface area contributed by atoms with Crippen molar-refractivity contribution in [3.63, 3.8) is 0 Å². The van der Waals surface area contributed by atoms with Crippen LogP contribution in [0.15, 0.2) is 0 Å². The van der Waals surface area contributed by atoms with Gasteiger partial charge in [-0.1, -0.05) is 0 Å². The van der Waals surface area contributed by atoms with Gasteiger partial charge in [0.05, 0.1) is 0 Å². The van der Waals surface area contributed by atoms with Crippen LogP contribution in [0.1, 0.15) is 58.8 Å². The molecule has 0 spiro atoms. The van der Waals surface area contributed by atoms with Gasteiger partial charge in [0.15, 0.2) is 5.78 Å². The minimum absolute atomic E-state index is 0.0107. The minimum Gasteiger partial charge on any atom is -0.396 e. The third kappa shape index (κ3) is 3.67. The monoisotopic (exact) mass is 266 g/mol. The fourth-order valence-electron chi connectivity index (χ4n) is 2.27. The van der Waals surface area contributed by atoms with E-state index in [0.717, 1.165) is 12.1 Å². The molecule has 0 aromatic carbocycles. The van der Waals surface area contributed by atoms with Gasteiger partial charge in [0.25, 0.3) is 5.91 Å². The average Bonchev–Trinajstić information content (AvgIpc) is 2.62. The number of carbonyl (C=O) groups is 2. The van der Waals surface area contributed by atoms with Gasteiger partial charge in [0, 0.05) is 23.9 Å². The maximum atomic E-state index is 12.1. The Bertz CT molecular complexity index is 477. The van der Waals surface area contributed by atoms with Crippen molar-refractivity contribution >= 4 is 11.7 Å². The molecule has 0 bridgehead atoms. The molecule has 5 heteroatoms. The molecule has 1 aromatic heterocycles. The molecular formula is C14H22N2O3. The molecule has 0 aliphatic carbocycles. The molecule has 1 atom stereocenters. The first-order chi connectivity index (χ1) is 8.88. The Kier molecular flexibility index (Phi) is 5.30. The van der Waals surface area contributed by atoms with Crippen LogP contribution in [0.5, 0.6) is 0 Å². The molecule has 0 aliphatic heterocycles. The summed E-state index contributed by atoms with van der Waals surface area (Å²) in [5.74, 6) is -0.253. The molecule has 1 heterocycles. The van der Waals surface area contributed by atoms with Gasteiger partial charge < -0.3 is 15.4 Å². The van der Waals surface area contributed by atoms with Crippen LogP contribution in [-0.4, -0.2) is 34.4 Å². The largest absolute Gasteiger partial charge is 0.396 e. The number of hydrogen-bond donors (Lipinski definition) is 3. The van der Waals surface area contributed by atoms with E-state index in [2.05, 4.69) is 10.3 Å². The molecule has 1 aromatic rings. The summed E-state index contributed by atoms with van der Waals surface area (Å²) in [6, 6.07) is -0.0107. The number of aromatic amines is 1. The Morgan fingerprint density at radius 1 is 1.37 bits per heavy atom. The number of aromatic nitrogens is 1. The van der Waals surface area contributed by atoms with Crippen molar-refractivity contribution in [1.82, 2.24) is 10.3 Å². The minimum atomic E-state index is -0.210. The maximum Gasteiger partial charge on any atom is 0.268 e. The van der Waals surface area contributed by atoms with Gasteiger partial charge in [-0.05, 0) is 46.1 Å². The molecule has 0 aliphatic rings. The molecule has 5 nitrogen and oxygen atoms in total. The molecule has 0 saturated carbocycles. The topological polar surface area (TPSA) is 82.2 Å². The molecule has 1 amide bonds. The Morgan fingerprint density at radius 2 is 2.00 bits per heavy atom. The van der Waals surface area contributed by atoms with Crippen molar-refractivity contribution < 1.29 is 14.7 Å². The lowest BCUT2D eigenvalue weighted by atomic mass is 10.1. The maximum absolute atomic E-state index is 12.1. The molecule has 106 valence electrons. The predicted octanol–water partition coefficient (Wildman–Crippen LogP) is 1.72. The van der Waals surface area contributed by atoms with Crippen LogP contribution in [0.2, 0.25) is 0 Å². The number of ketones is 1. The van der Waals surface area contributed by atoms with Crippen LogP contribution in [0.3, 0.4) is 0 Å². The number of Topliss-reactive ketones (excluding diaryl/α,β-unsaturated/α-hetero) is 1. The fraction of sp³-hybridized carbons (Fsp3) is 0.571. The van der Waals surface area contributed by atoms with E-state index >= 15 is 0 Å². The van der Waals surface area contributed by atoms with Crippen LogP contribution in [0, 0.1) is 13.8 Å². The standard InChI is InChI=1S/C14H22N2O3/c1-8(6-5-7-17)15-14(19)13-9(2)12(11(4)18)10(3)16-13/h8,16-17H,5-7H2,1-4H3,(H,15,19). The summed E-state index contributed by atoms with van der Waals surface area (Å²) >= 11 is 0. The van der Waals surface area contributed by atoms with E-state index in [-0.39, 0.29) is 24.3 Å². The summed E-state index contributed by atoms with van der Waals surface area (Å²) in [6.07, 6.45) is 1.38. The lowest BCUT2D eigenvalue weighted by molar-refractivity contribution is 0.0931. The summed E-state index contributed by atoms with van der Waals surface area (Å²) in [5.41, 5.74) is 2.45. The quantitative estimate of drug-likeness (QED) is 0.686. The second-order valence-corrected chi connectivity index (χ2v) is 4.92. The van der Waals surface area contributed by atoms with Gasteiger partial charge in [-0.2, -0.15) is 0 Å². The van der Waals surface area contributed by atoms with Crippen LogP contribution in [-0.2, 0) is 0 Å². The first kappa shape index (κ1) is 15.4. The van der Waals surface area contributed by atoms with E-state index in [1.54, 1.807) is 13.8 Å². The van der Waals surface area contributed by atoms with Gasteiger partial charge in [-0.3, -0.25) is 9.59 Å². The highest BCUT2D eigenvalue weighted by molar-refractivity contribution is 6.02. The number of rotatable bonds is 6. The van der Waals surface area contributed by atoms with Gasteiger partial charge in [0.2, 0.25) is 0 Å². The Balaban J connectivity index is 2.83. The van der Waals surface area contributed by atoms with Crippen molar-refractivity contribution in [2.24, 2.45) is 0 Å². The van der Waals surface area contributed by atoms with Crippen molar-refractivity contribution in [2.45, 2.75) is 46.6 Å². The number of aliphatic hydroxyl groups excluding tert-OH is 1. The second-order valence-electron chi connectivity index (χ2n) is 4.92. The number of H-pyrrole nitrogens is 1. The van der Waals surface area contributed by atoms with Gasteiger partial charge in [-0.25, -0.2) is 0 Å². The van der Waals surface area contributed by atoms with E-state index in [1.807, 2.05) is 6.92 Å². The van der Waals surface area contributed by atoms with E-state index in [0.29, 0.717) is 23.2 Å². The van der Waals surface area contributed by atoms with Gasteiger partial charge in [-0.15, -0.1) is 0 Å². The average molecular weight is 266 g/mol. The zero-order valence-corrected chi connectivity index (χ0v) is 12.0. The molecule has 0 saturated heterocycles. The van der Waals surface area contributed by atoms with Gasteiger partial charge in [0.1, 0.15) is 5.69 Å². The number of aryl methyl sites for hydroxylation is 1. The fourth-order valence-corrected chi connectivity index (χ4v) is 2.27. The third-order valence-electron chi connectivity index (χ3n) is 3.19. The molecule has 0 radical (unpaired) electrons. The summed E-state index contributed by atoms with van der Waals surface area (Å²) < 4.78 is 0. The molecular weight excluding hydrogens is 244 g/mol. The van der Waals surface area contributed by atoms with Crippen molar-refractivity contribution in [3.8, 4) is 0 Å².